The van der Waals surface area contributed by atoms with E-state index in [0.717, 1.165) is 9.87 Å². The van der Waals surface area contributed by atoms with Gasteiger partial charge in [-0.3, -0.25) is 9.59 Å². The van der Waals surface area contributed by atoms with Crippen LogP contribution < -0.4 is 10.1 Å². The van der Waals surface area contributed by atoms with Crippen LogP contribution in [0.4, 0.5) is 5.69 Å². The fourth-order valence-corrected chi connectivity index (χ4v) is 4.70. The average molecular weight is 446 g/mol. The summed E-state index contributed by atoms with van der Waals surface area (Å²) >= 11 is 0. The molecule has 0 fully saturated rings. The van der Waals surface area contributed by atoms with Crippen molar-refractivity contribution < 1.29 is 22.7 Å². The summed E-state index contributed by atoms with van der Waals surface area (Å²) in [5, 5.41) is 2.66. The zero-order valence-electron chi connectivity index (χ0n) is 18.1. The number of nitrogens with one attached hydrogen (secondary N) is 1. The first-order chi connectivity index (χ1) is 14.6. The Morgan fingerprint density at radius 3 is 2.52 bits per heavy atom. The minimum absolute atomic E-state index is 0.0388. The first kappa shape index (κ1) is 22.8. The molecule has 0 spiro atoms. The number of amides is 2. The van der Waals surface area contributed by atoms with Crippen LogP contribution in [0.1, 0.15) is 25.0 Å². The van der Waals surface area contributed by atoms with E-state index in [1.54, 1.807) is 17.9 Å². The summed E-state index contributed by atoms with van der Waals surface area (Å²) in [6.07, 6.45) is 0. The summed E-state index contributed by atoms with van der Waals surface area (Å²) in [5.41, 5.74) is 1.86. The minimum Gasteiger partial charge on any atom is -0.482 e. The molecule has 2 aromatic carbocycles. The lowest BCUT2D eigenvalue weighted by Crippen LogP contribution is -2.43. The van der Waals surface area contributed by atoms with Gasteiger partial charge in [0.15, 0.2) is 6.61 Å². The Morgan fingerprint density at radius 2 is 1.87 bits per heavy atom. The number of benzene rings is 2. The van der Waals surface area contributed by atoms with Crippen molar-refractivity contribution in [3.63, 3.8) is 0 Å². The summed E-state index contributed by atoms with van der Waals surface area (Å²) in [7, 11) is -2.57. The second kappa shape index (κ2) is 9.07. The van der Waals surface area contributed by atoms with Crippen molar-refractivity contribution in [2.45, 2.75) is 38.3 Å². The monoisotopic (exact) mass is 445 g/mol. The van der Waals surface area contributed by atoms with E-state index in [-0.39, 0.29) is 41.7 Å². The van der Waals surface area contributed by atoms with E-state index in [4.69, 9.17) is 4.74 Å². The summed E-state index contributed by atoms with van der Waals surface area (Å²) in [6.45, 7) is 5.37. The lowest BCUT2D eigenvalue weighted by molar-refractivity contribution is -0.133. The molecule has 0 saturated carbocycles. The number of fused-ring (bicyclic) bond motifs is 1. The van der Waals surface area contributed by atoms with Crippen molar-refractivity contribution >= 4 is 27.5 Å². The zero-order valence-corrected chi connectivity index (χ0v) is 18.9. The van der Waals surface area contributed by atoms with Crippen molar-refractivity contribution in [1.29, 1.82) is 0 Å². The fraction of sp³-hybridized carbons (Fsp3) is 0.364. The largest absolute Gasteiger partial charge is 0.482 e. The number of hydrogen-bond acceptors (Lipinski definition) is 5. The second-order valence-corrected chi connectivity index (χ2v) is 9.83. The molecule has 166 valence electrons. The Balaban J connectivity index is 1.80. The molecule has 0 aromatic heterocycles. The average Bonchev–Trinajstić information content (AvgIpc) is 2.71. The Kier molecular flexibility index (Phi) is 6.66. The van der Waals surface area contributed by atoms with Gasteiger partial charge in [0.1, 0.15) is 5.75 Å². The van der Waals surface area contributed by atoms with Crippen LogP contribution in [0.25, 0.3) is 0 Å². The predicted octanol–water partition coefficient (Wildman–Crippen LogP) is 2.38. The number of likely N-dealkylation sites (N-methyl/N-ethyl adjacent to an activating group) is 1. The maximum atomic E-state index is 13.2. The van der Waals surface area contributed by atoms with E-state index >= 15 is 0 Å². The first-order valence-corrected chi connectivity index (χ1v) is 11.4. The van der Waals surface area contributed by atoms with Crippen LogP contribution in [0.3, 0.4) is 0 Å². The van der Waals surface area contributed by atoms with Gasteiger partial charge in [0, 0.05) is 25.7 Å². The van der Waals surface area contributed by atoms with Crippen LogP contribution in [0.5, 0.6) is 5.75 Å². The van der Waals surface area contributed by atoms with E-state index in [0.29, 0.717) is 17.8 Å². The van der Waals surface area contributed by atoms with Crippen LogP contribution in [0, 0.1) is 6.92 Å². The molecule has 0 atom stereocenters. The van der Waals surface area contributed by atoms with Gasteiger partial charge in [0.2, 0.25) is 15.9 Å². The highest BCUT2D eigenvalue weighted by Crippen LogP contribution is 2.33. The molecule has 2 amide bonds. The Bertz CT molecular complexity index is 1080. The van der Waals surface area contributed by atoms with Gasteiger partial charge in [0.25, 0.3) is 5.91 Å². The summed E-state index contributed by atoms with van der Waals surface area (Å²) in [4.78, 5) is 26.2. The molecule has 1 heterocycles. The molecule has 0 saturated heterocycles. The third-order valence-corrected chi connectivity index (χ3v) is 7.04. The Hall–Kier alpha value is -2.91. The SMILES string of the molecule is Cc1cc2c(cc1S(=O)(=O)N(C)CC(=O)N(Cc1ccccc1)C(C)C)OCC(=O)N2. The van der Waals surface area contributed by atoms with E-state index < -0.39 is 10.0 Å². The van der Waals surface area contributed by atoms with Gasteiger partial charge in [-0.2, -0.15) is 4.31 Å². The van der Waals surface area contributed by atoms with Crippen molar-refractivity contribution in [1.82, 2.24) is 9.21 Å². The van der Waals surface area contributed by atoms with Crippen LogP contribution in [0.15, 0.2) is 47.4 Å². The number of hydrogen-bond donors (Lipinski definition) is 1. The maximum Gasteiger partial charge on any atom is 0.262 e. The quantitative estimate of drug-likeness (QED) is 0.706. The van der Waals surface area contributed by atoms with Gasteiger partial charge in [-0.1, -0.05) is 30.3 Å². The van der Waals surface area contributed by atoms with E-state index in [9.17, 15) is 18.0 Å². The lowest BCUT2D eigenvalue weighted by Gasteiger charge is -2.29. The zero-order chi connectivity index (χ0) is 22.8. The Morgan fingerprint density at radius 1 is 1.19 bits per heavy atom. The molecule has 1 N–H and O–H groups in total. The summed E-state index contributed by atoms with van der Waals surface area (Å²) in [6, 6.07) is 12.4. The number of ether oxygens (including phenoxy) is 1. The van der Waals surface area contributed by atoms with Crippen molar-refractivity contribution in [2.75, 3.05) is 25.5 Å². The van der Waals surface area contributed by atoms with Gasteiger partial charge in [-0.25, -0.2) is 8.42 Å². The van der Waals surface area contributed by atoms with E-state index in [1.807, 2.05) is 44.2 Å². The molecule has 0 unspecified atom stereocenters. The third-order valence-electron chi connectivity index (χ3n) is 5.10. The third kappa shape index (κ3) is 5.05. The molecule has 3 rings (SSSR count). The van der Waals surface area contributed by atoms with Gasteiger partial charge in [-0.05, 0) is 38.0 Å². The lowest BCUT2D eigenvalue weighted by atomic mass is 10.2. The number of anilines is 1. The van der Waals surface area contributed by atoms with E-state index in [2.05, 4.69) is 5.32 Å². The van der Waals surface area contributed by atoms with Crippen LogP contribution in [0.2, 0.25) is 0 Å². The van der Waals surface area contributed by atoms with E-state index in [1.165, 1.54) is 13.1 Å². The molecule has 31 heavy (non-hydrogen) atoms. The number of nitrogens with zero attached hydrogens (tertiary/aromatic N) is 2. The molecule has 0 aliphatic carbocycles. The predicted molar refractivity (Wildman–Crippen MR) is 117 cm³/mol. The highest BCUT2D eigenvalue weighted by molar-refractivity contribution is 7.89. The van der Waals surface area contributed by atoms with Gasteiger partial charge in [0.05, 0.1) is 17.1 Å². The standard InChI is InChI=1S/C22H27N3O5S/c1-15(2)25(12-17-8-6-5-7-9-17)22(27)13-24(4)31(28,29)20-11-19-18(10-16(20)3)23-21(26)14-30-19/h5-11,15H,12-14H2,1-4H3,(H,23,26). The maximum absolute atomic E-state index is 13.2. The molecular weight excluding hydrogens is 418 g/mol. The van der Waals surface area contributed by atoms with Crippen molar-refractivity contribution in [3.8, 4) is 5.75 Å². The van der Waals surface area contributed by atoms with Gasteiger partial charge in [-0.15, -0.1) is 0 Å². The number of sulfonamides is 1. The van der Waals surface area contributed by atoms with Crippen LogP contribution >= 0.6 is 0 Å². The minimum atomic E-state index is -3.95. The molecule has 1 aliphatic rings. The first-order valence-electron chi connectivity index (χ1n) is 9.96. The van der Waals surface area contributed by atoms with Gasteiger partial charge >= 0.3 is 0 Å². The molecular formula is C22H27N3O5S. The molecule has 0 radical (unpaired) electrons. The summed E-state index contributed by atoms with van der Waals surface area (Å²) in [5.74, 6) is -0.294. The number of aryl methyl sites for hydroxylation is 1. The van der Waals surface area contributed by atoms with Gasteiger partial charge < -0.3 is 15.0 Å². The fourth-order valence-electron chi connectivity index (χ4n) is 3.37. The number of carbonyl (C=O) groups is 2. The summed E-state index contributed by atoms with van der Waals surface area (Å²) < 4.78 is 32.8. The number of carbonyl (C=O) groups excluding carboxylic acids is 2. The highest BCUT2D eigenvalue weighted by atomic mass is 32.2. The van der Waals surface area contributed by atoms with Crippen LogP contribution in [-0.2, 0) is 26.2 Å². The smallest absolute Gasteiger partial charge is 0.262 e. The molecule has 0 bridgehead atoms. The van der Waals surface area contributed by atoms with Crippen molar-refractivity contribution in [3.05, 3.63) is 53.6 Å². The Labute approximate surface area is 182 Å². The highest BCUT2D eigenvalue weighted by Gasteiger charge is 2.29. The van der Waals surface area contributed by atoms with Crippen LogP contribution in [-0.4, -0.2) is 55.7 Å². The normalized spacial score (nSPS) is 13.5. The molecule has 1 aliphatic heterocycles. The molecule has 2 aromatic rings. The molecule has 8 nitrogen and oxygen atoms in total. The second-order valence-electron chi connectivity index (χ2n) is 7.81. The number of rotatable bonds is 7. The van der Waals surface area contributed by atoms with Crippen molar-refractivity contribution in [2.24, 2.45) is 0 Å². The molecule has 9 heteroatoms. The topological polar surface area (TPSA) is 96.0 Å².